The largest absolute Gasteiger partial charge is 0.478 e. The Bertz CT molecular complexity index is 967. The Morgan fingerprint density at radius 3 is 2.46 bits per heavy atom. The van der Waals surface area contributed by atoms with E-state index in [2.05, 4.69) is 4.72 Å². The average Bonchev–Trinajstić information content (AvgIpc) is 2.87. The topological polar surface area (TPSA) is 117 Å². The van der Waals surface area contributed by atoms with Gasteiger partial charge < -0.3 is 14.4 Å². The summed E-state index contributed by atoms with van der Waals surface area (Å²) in [6.45, 7) is 1.40. The van der Waals surface area contributed by atoms with Gasteiger partial charge >= 0.3 is 5.97 Å². The van der Waals surface area contributed by atoms with Crippen molar-refractivity contribution < 1.29 is 31.9 Å². The lowest BCUT2D eigenvalue weighted by atomic mass is 10.1. The predicted octanol–water partition coefficient (Wildman–Crippen LogP) is 2.07. The van der Waals surface area contributed by atoms with Gasteiger partial charge in [0.05, 0.1) is 24.1 Å². The number of carbonyl (C=O) groups excluding carboxylic acids is 1. The minimum atomic E-state index is -3.67. The van der Waals surface area contributed by atoms with Crippen LogP contribution in [-0.2, 0) is 16.6 Å². The maximum absolute atomic E-state index is 13.5. The Balaban J connectivity index is 2.29. The quantitative estimate of drug-likeness (QED) is 0.787. The third-order valence-electron chi connectivity index (χ3n) is 3.45. The zero-order chi connectivity index (χ0) is 19.6. The van der Waals surface area contributed by atoms with E-state index in [1.54, 1.807) is 0 Å². The summed E-state index contributed by atoms with van der Waals surface area (Å²) in [6, 6.07) is 4.39. The van der Waals surface area contributed by atoms with Crippen LogP contribution < -0.4 is 4.72 Å². The Morgan fingerprint density at radius 1 is 1.27 bits per heavy atom. The van der Waals surface area contributed by atoms with Gasteiger partial charge in [-0.1, -0.05) is 0 Å². The van der Waals surface area contributed by atoms with E-state index >= 15 is 0 Å². The van der Waals surface area contributed by atoms with Gasteiger partial charge in [-0.05, 0) is 31.2 Å². The summed E-state index contributed by atoms with van der Waals surface area (Å²) in [7, 11) is -2.27. The molecule has 1 amide bonds. The molecular formula is C16H17FN2O6S. The average molecular weight is 384 g/mol. The number of aromatic carboxylic acids is 1. The van der Waals surface area contributed by atoms with Crippen LogP contribution in [0.1, 0.15) is 32.2 Å². The zero-order valence-corrected chi connectivity index (χ0v) is 15.1. The molecule has 10 heteroatoms. The standard InChI is InChI=1S/C16H17FN2O6S/c1-9-12(16(21)22)7-11(25-9)8-19(2)15(20)13-6-10(17)4-5-14(13)18-26(3,23)24/h4-7,18H,8H2,1-3H3,(H,21,22). The second kappa shape index (κ2) is 7.16. The van der Waals surface area contributed by atoms with E-state index in [4.69, 9.17) is 9.52 Å². The van der Waals surface area contributed by atoms with E-state index < -0.39 is 27.7 Å². The fraction of sp³-hybridized carbons (Fsp3) is 0.250. The molecule has 0 saturated heterocycles. The van der Waals surface area contributed by atoms with Crippen molar-refractivity contribution in [3.8, 4) is 0 Å². The third-order valence-corrected chi connectivity index (χ3v) is 4.04. The van der Waals surface area contributed by atoms with Crippen LogP contribution >= 0.6 is 0 Å². The highest BCUT2D eigenvalue weighted by atomic mass is 32.2. The van der Waals surface area contributed by atoms with E-state index in [1.165, 1.54) is 20.0 Å². The van der Waals surface area contributed by atoms with Gasteiger partial charge in [-0.25, -0.2) is 17.6 Å². The molecule has 0 bridgehead atoms. The monoisotopic (exact) mass is 384 g/mol. The van der Waals surface area contributed by atoms with Gasteiger partial charge in [-0.15, -0.1) is 0 Å². The third kappa shape index (κ3) is 4.60. The van der Waals surface area contributed by atoms with Gasteiger partial charge in [0.25, 0.3) is 5.91 Å². The van der Waals surface area contributed by atoms with Gasteiger partial charge in [0.15, 0.2) is 0 Å². The molecule has 2 rings (SSSR count). The van der Waals surface area contributed by atoms with Gasteiger partial charge in [-0.3, -0.25) is 9.52 Å². The predicted molar refractivity (Wildman–Crippen MR) is 91.1 cm³/mol. The number of hydrogen-bond acceptors (Lipinski definition) is 5. The van der Waals surface area contributed by atoms with Crippen LogP contribution in [0.5, 0.6) is 0 Å². The lowest BCUT2D eigenvalue weighted by molar-refractivity contribution is 0.0694. The van der Waals surface area contributed by atoms with Crippen LogP contribution in [0.2, 0.25) is 0 Å². The highest BCUT2D eigenvalue weighted by molar-refractivity contribution is 7.92. The molecule has 26 heavy (non-hydrogen) atoms. The van der Waals surface area contributed by atoms with Crippen molar-refractivity contribution in [2.24, 2.45) is 0 Å². The number of furan rings is 1. The van der Waals surface area contributed by atoms with Crippen LogP contribution in [0.4, 0.5) is 10.1 Å². The van der Waals surface area contributed by atoms with E-state index in [0.29, 0.717) is 0 Å². The van der Waals surface area contributed by atoms with Crippen molar-refractivity contribution in [3.63, 3.8) is 0 Å². The Morgan fingerprint density at radius 2 is 1.92 bits per heavy atom. The summed E-state index contributed by atoms with van der Waals surface area (Å²) in [5, 5.41) is 9.03. The number of carboxylic acids is 1. The number of halogens is 1. The number of benzene rings is 1. The summed E-state index contributed by atoms with van der Waals surface area (Å²) >= 11 is 0. The number of carboxylic acid groups (broad SMARTS) is 1. The normalized spacial score (nSPS) is 11.2. The highest BCUT2D eigenvalue weighted by Gasteiger charge is 2.21. The number of anilines is 1. The summed E-state index contributed by atoms with van der Waals surface area (Å²) in [4.78, 5) is 24.8. The van der Waals surface area contributed by atoms with Crippen molar-refractivity contribution >= 4 is 27.6 Å². The number of hydrogen-bond donors (Lipinski definition) is 2. The summed E-state index contributed by atoms with van der Waals surface area (Å²) < 4.78 is 43.9. The molecule has 2 N–H and O–H groups in total. The molecule has 0 unspecified atom stereocenters. The molecule has 2 aromatic rings. The minimum Gasteiger partial charge on any atom is -0.478 e. The number of amides is 1. The van der Waals surface area contributed by atoms with Gasteiger partial charge in [0.2, 0.25) is 10.0 Å². The molecule has 0 atom stereocenters. The Hall–Kier alpha value is -2.88. The molecule has 0 radical (unpaired) electrons. The number of nitrogens with zero attached hydrogens (tertiary/aromatic N) is 1. The van der Waals surface area contributed by atoms with Crippen LogP contribution in [0, 0.1) is 12.7 Å². The van der Waals surface area contributed by atoms with Crippen LogP contribution in [0.3, 0.4) is 0 Å². The summed E-state index contributed by atoms with van der Waals surface area (Å²) in [5.41, 5.74) is -0.265. The lowest BCUT2D eigenvalue weighted by Crippen LogP contribution is -2.27. The second-order valence-corrected chi connectivity index (χ2v) is 7.46. The van der Waals surface area contributed by atoms with Gasteiger partial charge in [-0.2, -0.15) is 0 Å². The first-order valence-electron chi connectivity index (χ1n) is 7.33. The van der Waals surface area contributed by atoms with Crippen LogP contribution in [0.15, 0.2) is 28.7 Å². The van der Waals surface area contributed by atoms with E-state index in [0.717, 1.165) is 29.4 Å². The van der Waals surface area contributed by atoms with Crippen molar-refractivity contribution in [2.45, 2.75) is 13.5 Å². The van der Waals surface area contributed by atoms with Crippen molar-refractivity contribution in [1.82, 2.24) is 4.90 Å². The van der Waals surface area contributed by atoms with Crippen LogP contribution in [0.25, 0.3) is 0 Å². The van der Waals surface area contributed by atoms with Crippen molar-refractivity contribution in [2.75, 3.05) is 18.0 Å². The zero-order valence-electron chi connectivity index (χ0n) is 14.2. The maximum atomic E-state index is 13.5. The first-order chi connectivity index (χ1) is 12.0. The highest BCUT2D eigenvalue weighted by Crippen LogP contribution is 2.22. The molecule has 0 spiro atoms. The fourth-order valence-corrected chi connectivity index (χ4v) is 2.90. The number of rotatable bonds is 6. The maximum Gasteiger partial charge on any atom is 0.339 e. The summed E-state index contributed by atoms with van der Waals surface area (Å²) in [5.74, 6) is -2.11. The molecule has 0 fully saturated rings. The van der Waals surface area contributed by atoms with Gasteiger partial charge in [0.1, 0.15) is 22.9 Å². The number of carbonyl (C=O) groups is 2. The first-order valence-corrected chi connectivity index (χ1v) is 9.22. The molecule has 0 saturated carbocycles. The van der Waals surface area contributed by atoms with E-state index in [-0.39, 0.29) is 34.9 Å². The second-order valence-electron chi connectivity index (χ2n) is 5.71. The van der Waals surface area contributed by atoms with Crippen LogP contribution in [-0.4, -0.2) is 43.6 Å². The van der Waals surface area contributed by atoms with Gasteiger partial charge in [0, 0.05) is 7.05 Å². The summed E-state index contributed by atoms with van der Waals surface area (Å²) in [6.07, 6.45) is 0.910. The molecule has 0 aliphatic carbocycles. The Labute approximate surface area is 149 Å². The smallest absolute Gasteiger partial charge is 0.339 e. The fourth-order valence-electron chi connectivity index (χ4n) is 2.33. The van der Waals surface area contributed by atoms with Crippen molar-refractivity contribution in [3.05, 3.63) is 52.7 Å². The first kappa shape index (κ1) is 19.4. The molecular weight excluding hydrogens is 367 g/mol. The molecule has 1 aromatic heterocycles. The van der Waals surface area contributed by atoms with E-state index in [9.17, 15) is 22.4 Å². The molecule has 0 aliphatic rings. The molecule has 1 heterocycles. The SMILES string of the molecule is Cc1oc(CN(C)C(=O)c2cc(F)ccc2NS(C)(=O)=O)cc1C(=O)O. The number of nitrogens with one attached hydrogen (secondary N) is 1. The molecule has 140 valence electrons. The molecule has 8 nitrogen and oxygen atoms in total. The van der Waals surface area contributed by atoms with E-state index in [1.807, 2.05) is 0 Å². The minimum absolute atomic E-state index is 0.0222. The number of aryl methyl sites for hydroxylation is 1. The van der Waals surface area contributed by atoms with Crippen molar-refractivity contribution in [1.29, 1.82) is 0 Å². The Kier molecular flexibility index (Phi) is 5.36. The number of sulfonamides is 1. The molecule has 1 aromatic carbocycles. The molecule has 0 aliphatic heterocycles. The lowest BCUT2D eigenvalue weighted by Gasteiger charge is -2.18.